The van der Waals surface area contributed by atoms with Gasteiger partial charge in [0.05, 0.1) is 6.10 Å². The van der Waals surface area contributed by atoms with Gasteiger partial charge in [0.15, 0.2) is 0 Å². The Hall–Kier alpha value is -1.35. The first-order valence-corrected chi connectivity index (χ1v) is 8.27. The van der Waals surface area contributed by atoms with Gasteiger partial charge in [0.25, 0.3) is 0 Å². The minimum Gasteiger partial charge on any atom is -0.393 e. The first kappa shape index (κ1) is 15.5. The molecule has 0 aliphatic carbocycles. The highest BCUT2D eigenvalue weighted by Gasteiger charge is 2.27. The fourth-order valence-corrected chi connectivity index (χ4v) is 3.33. The molecule has 2 aromatic rings. The SMILES string of the molecule is OC1CCN(Cc2ccccc2)CC1Cc1ccc(Cl)cc1. The molecule has 116 valence electrons. The van der Waals surface area contributed by atoms with Crippen LogP contribution in [0.1, 0.15) is 17.5 Å². The zero-order valence-electron chi connectivity index (χ0n) is 12.7. The molecule has 0 saturated carbocycles. The van der Waals surface area contributed by atoms with Crippen LogP contribution in [-0.2, 0) is 13.0 Å². The number of hydrogen-bond acceptors (Lipinski definition) is 2. The van der Waals surface area contributed by atoms with Crippen molar-refractivity contribution in [1.29, 1.82) is 0 Å². The third kappa shape index (κ3) is 4.10. The third-order valence-electron chi connectivity index (χ3n) is 4.44. The lowest BCUT2D eigenvalue weighted by molar-refractivity contribution is 0.0239. The lowest BCUT2D eigenvalue weighted by Crippen LogP contribution is -2.43. The van der Waals surface area contributed by atoms with Crippen molar-refractivity contribution in [1.82, 2.24) is 4.90 Å². The van der Waals surface area contributed by atoms with E-state index < -0.39 is 0 Å². The normalized spacial score (nSPS) is 22.6. The average molecular weight is 316 g/mol. The summed E-state index contributed by atoms with van der Waals surface area (Å²) in [7, 11) is 0. The maximum absolute atomic E-state index is 10.3. The Labute approximate surface area is 137 Å². The quantitative estimate of drug-likeness (QED) is 0.928. The van der Waals surface area contributed by atoms with Gasteiger partial charge in [-0.15, -0.1) is 0 Å². The molecule has 2 aromatic carbocycles. The summed E-state index contributed by atoms with van der Waals surface area (Å²) in [5.41, 5.74) is 2.58. The Kier molecular flexibility index (Phi) is 5.14. The molecule has 0 aromatic heterocycles. The lowest BCUT2D eigenvalue weighted by Gasteiger charge is -2.36. The molecule has 0 bridgehead atoms. The van der Waals surface area contributed by atoms with Gasteiger partial charge in [0, 0.05) is 30.6 Å². The highest BCUT2D eigenvalue weighted by Crippen LogP contribution is 2.23. The fourth-order valence-electron chi connectivity index (χ4n) is 3.20. The Morgan fingerprint density at radius 1 is 1.00 bits per heavy atom. The highest BCUT2D eigenvalue weighted by molar-refractivity contribution is 6.30. The average Bonchev–Trinajstić information content (AvgIpc) is 2.54. The lowest BCUT2D eigenvalue weighted by atomic mass is 9.88. The largest absolute Gasteiger partial charge is 0.393 e. The summed E-state index contributed by atoms with van der Waals surface area (Å²) in [5.74, 6) is 0.290. The van der Waals surface area contributed by atoms with Gasteiger partial charge in [-0.3, -0.25) is 4.90 Å². The molecule has 1 fully saturated rings. The van der Waals surface area contributed by atoms with Crippen molar-refractivity contribution in [2.75, 3.05) is 13.1 Å². The number of aliphatic hydroxyl groups is 1. The molecule has 1 aliphatic heterocycles. The van der Waals surface area contributed by atoms with E-state index in [2.05, 4.69) is 41.3 Å². The van der Waals surface area contributed by atoms with Gasteiger partial charge in [0.1, 0.15) is 0 Å². The molecule has 1 aliphatic rings. The summed E-state index contributed by atoms with van der Waals surface area (Å²) in [5, 5.41) is 11.1. The number of likely N-dealkylation sites (tertiary alicyclic amines) is 1. The molecule has 2 atom stereocenters. The number of rotatable bonds is 4. The van der Waals surface area contributed by atoms with Crippen LogP contribution >= 0.6 is 11.6 Å². The van der Waals surface area contributed by atoms with E-state index in [1.54, 1.807) is 0 Å². The van der Waals surface area contributed by atoms with Crippen LogP contribution in [0.4, 0.5) is 0 Å². The molecule has 2 nitrogen and oxygen atoms in total. The molecule has 1 N–H and O–H groups in total. The first-order chi connectivity index (χ1) is 10.7. The molecular weight excluding hydrogens is 294 g/mol. The van der Waals surface area contributed by atoms with Gasteiger partial charge in [-0.1, -0.05) is 54.1 Å². The van der Waals surface area contributed by atoms with E-state index in [4.69, 9.17) is 11.6 Å². The second-order valence-electron chi connectivity index (χ2n) is 6.17. The van der Waals surface area contributed by atoms with E-state index in [0.29, 0.717) is 5.92 Å². The molecule has 22 heavy (non-hydrogen) atoms. The zero-order chi connectivity index (χ0) is 15.4. The van der Waals surface area contributed by atoms with Gasteiger partial charge >= 0.3 is 0 Å². The van der Waals surface area contributed by atoms with E-state index in [0.717, 1.165) is 37.5 Å². The minimum absolute atomic E-state index is 0.206. The van der Waals surface area contributed by atoms with Crippen molar-refractivity contribution in [3.8, 4) is 0 Å². The molecule has 3 heteroatoms. The van der Waals surface area contributed by atoms with E-state index >= 15 is 0 Å². The predicted octanol–water partition coefficient (Wildman–Crippen LogP) is 3.77. The minimum atomic E-state index is -0.206. The summed E-state index contributed by atoms with van der Waals surface area (Å²) in [6.07, 6.45) is 1.55. The van der Waals surface area contributed by atoms with Gasteiger partial charge in [-0.25, -0.2) is 0 Å². The predicted molar refractivity (Wildman–Crippen MR) is 91.0 cm³/mol. The number of piperidine rings is 1. The summed E-state index contributed by atoms with van der Waals surface area (Å²) >= 11 is 5.94. The summed E-state index contributed by atoms with van der Waals surface area (Å²) in [6.45, 7) is 2.87. The maximum atomic E-state index is 10.3. The second-order valence-corrected chi connectivity index (χ2v) is 6.60. The topological polar surface area (TPSA) is 23.5 Å². The number of hydrogen-bond donors (Lipinski definition) is 1. The molecule has 2 unspecified atom stereocenters. The van der Waals surface area contributed by atoms with Crippen molar-refractivity contribution in [2.24, 2.45) is 5.92 Å². The van der Waals surface area contributed by atoms with Crippen LogP contribution in [0.15, 0.2) is 54.6 Å². The summed E-state index contributed by atoms with van der Waals surface area (Å²) < 4.78 is 0. The number of aliphatic hydroxyl groups excluding tert-OH is 1. The van der Waals surface area contributed by atoms with E-state index in [1.807, 2.05) is 18.2 Å². The van der Waals surface area contributed by atoms with Crippen LogP contribution in [0, 0.1) is 5.92 Å². The molecule has 0 radical (unpaired) electrons. The molecule has 1 saturated heterocycles. The second kappa shape index (κ2) is 7.28. The van der Waals surface area contributed by atoms with Crippen molar-refractivity contribution in [3.63, 3.8) is 0 Å². The summed E-state index contributed by atoms with van der Waals surface area (Å²) in [4.78, 5) is 2.45. The van der Waals surface area contributed by atoms with Gasteiger partial charge in [0.2, 0.25) is 0 Å². The number of halogens is 1. The van der Waals surface area contributed by atoms with Crippen molar-refractivity contribution >= 4 is 11.6 Å². The van der Waals surface area contributed by atoms with E-state index in [1.165, 1.54) is 11.1 Å². The Morgan fingerprint density at radius 3 is 2.45 bits per heavy atom. The van der Waals surface area contributed by atoms with Crippen LogP contribution in [0.5, 0.6) is 0 Å². The van der Waals surface area contributed by atoms with Crippen LogP contribution in [-0.4, -0.2) is 29.2 Å². The van der Waals surface area contributed by atoms with Crippen LogP contribution < -0.4 is 0 Å². The fraction of sp³-hybridized carbons (Fsp3) is 0.368. The molecule has 0 spiro atoms. The molecule has 0 amide bonds. The number of nitrogens with zero attached hydrogens (tertiary/aromatic N) is 1. The standard InChI is InChI=1S/C19H22ClNO/c20-18-8-6-15(7-9-18)12-17-14-21(11-10-19(17)22)13-16-4-2-1-3-5-16/h1-9,17,19,22H,10-14H2. The molecular formula is C19H22ClNO. The Balaban J connectivity index is 1.62. The molecule has 1 heterocycles. The monoisotopic (exact) mass is 315 g/mol. The van der Waals surface area contributed by atoms with Crippen LogP contribution in [0.2, 0.25) is 5.02 Å². The van der Waals surface area contributed by atoms with E-state index in [-0.39, 0.29) is 6.10 Å². The van der Waals surface area contributed by atoms with Crippen LogP contribution in [0.25, 0.3) is 0 Å². The number of benzene rings is 2. The third-order valence-corrected chi connectivity index (χ3v) is 4.69. The van der Waals surface area contributed by atoms with Crippen molar-refractivity contribution in [3.05, 3.63) is 70.7 Å². The van der Waals surface area contributed by atoms with E-state index in [9.17, 15) is 5.11 Å². The smallest absolute Gasteiger partial charge is 0.0596 e. The van der Waals surface area contributed by atoms with Crippen LogP contribution in [0.3, 0.4) is 0 Å². The Bertz CT molecular complexity index is 584. The van der Waals surface area contributed by atoms with Gasteiger partial charge < -0.3 is 5.11 Å². The zero-order valence-corrected chi connectivity index (χ0v) is 13.4. The summed E-state index contributed by atoms with van der Waals surface area (Å²) in [6, 6.07) is 18.5. The van der Waals surface area contributed by atoms with Crippen molar-refractivity contribution in [2.45, 2.75) is 25.5 Å². The van der Waals surface area contributed by atoms with Gasteiger partial charge in [-0.05, 0) is 36.1 Å². The highest BCUT2D eigenvalue weighted by atomic mass is 35.5. The molecule has 3 rings (SSSR count). The van der Waals surface area contributed by atoms with Gasteiger partial charge in [-0.2, -0.15) is 0 Å². The Morgan fingerprint density at radius 2 is 1.73 bits per heavy atom. The first-order valence-electron chi connectivity index (χ1n) is 7.89. The van der Waals surface area contributed by atoms with Crippen molar-refractivity contribution < 1.29 is 5.11 Å². The maximum Gasteiger partial charge on any atom is 0.0596 e.